The Bertz CT molecular complexity index is 1620. The molecule has 6 rings (SSSR count). The van der Waals surface area contributed by atoms with E-state index in [9.17, 15) is 4.39 Å². The summed E-state index contributed by atoms with van der Waals surface area (Å²) in [6, 6.07) is 33.7. The first-order chi connectivity index (χ1) is 16.7. The predicted molar refractivity (Wildman–Crippen MR) is 136 cm³/mol. The van der Waals surface area contributed by atoms with Gasteiger partial charge in [-0.15, -0.1) is 0 Å². The second-order valence-electron chi connectivity index (χ2n) is 8.64. The van der Waals surface area contributed by atoms with Crippen LogP contribution in [0.2, 0.25) is 0 Å². The molecular formula is C31H22FNO. The third-order valence-electron chi connectivity index (χ3n) is 6.53. The molecule has 0 aliphatic rings. The molecule has 0 aliphatic heterocycles. The Kier molecular flexibility index (Phi) is 4.96. The maximum atomic E-state index is 13.3. The Hall–Kier alpha value is -4.24. The molecule has 0 aliphatic carbocycles. The van der Waals surface area contributed by atoms with Gasteiger partial charge in [-0.2, -0.15) is 0 Å². The Balaban J connectivity index is 1.43. The van der Waals surface area contributed by atoms with Gasteiger partial charge in [-0.25, -0.2) is 4.39 Å². The van der Waals surface area contributed by atoms with Crippen LogP contribution in [0.5, 0.6) is 0 Å². The minimum absolute atomic E-state index is 0.240. The normalized spacial score (nSPS) is 12.3. The number of aromatic nitrogens is 1. The van der Waals surface area contributed by atoms with Crippen LogP contribution in [-0.2, 0) is 0 Å². The van der Waals surface area contributed by atoms with Crippen molar-refractivity contribution in [2.45, 2.75) is 12.8 Å². The summed E-state index contributed by atoms with van der Waals surface area (Å²) in [6.45, 7) is 2.23. The maximum Gasteiger partial charge on any atom is 0.135 e. The molecule has 164 valence electrons. The highest BCUT2D eigenvalue weighted by Crippen LogP contribution is 2.35. The lowest BCUT2D eigenvalue weighted by Gasteiger charge is -2.12. The first-order valence-corrected chi connectivity index (χ1v) is 11.4. The van der Waals surface area contributed by atoms with Gasteiger partial charge in [0.1, 0.15) is 17.0 Å². The zero-order chi connectivity index (χ0) is 23.1. The molecule has 0 spiro atoms. The molecule has 2 aromatic heterocycles. The molecular weight excluding hydrogens is 421 g/mol. The van der Waals surface area contributed by atoms with E-state index in [2.05, 4.69) is 60.4 Å². The fraction of sp³-hybridized carbons (Fsp3) is 0.0645. The van der Waals surface area contributed by atoms with Crippen LogP contribution in [0, 0.1) is 5.82 Å². The van der Waals surface area contributed by atoms with Gasteiger partial charge in [-0.1, -0.05) is 55.5 Å². The molecule has 6 aromatic rings. The summed E-state index contributed by atoms with van der Waals surface area (Å²) in [5, 5.41) is 2.18. The summed E-state index contributed by atoms with van der Waals surface area (Å²) in [5.41, 5.74) is 8.12. The van der Waals surface area contributed by atoms with E-state index in [1.165, 1.54) is 23.3 Å². The summed E-state index contributed by atoms with van der Waals surface area (Å²) < 4.78 is 19.5. The van der Waals surface area contributed by atoms with E-state index in [0.717, 1.165) is 44.3 Å². The van der Waals surface area contributed by atoms with Crippen molar-refractivity contribution in [3.8, 4) is 22.4 Å². The van der Waals surface area contributed by atoms with Crippen LogP contribution in [-0.4, -0.2) is 4.98 Å². The number of halogens is 1. The van der Waals surface area contributed by atoms with E-state index >= 15 is 0 Å². The van der Waals surface area contributed by atoms with E-state index in [0.29, 0.717) is 0 Å². The van der Waals surface area contributed by atoms with Crippen LogP contribution in [0.15, 0.2) is 114 Å². The highest BCUT2D eigenvalue weighted by Gasteiger charge is 2.14. The largest absolute Gasteiger partial charge is 0.456 e. The molecule has 34 heavy (non-hydrogen) atoms. The molecule has 4 aromatic carbocycles. The maximum absolute atomic E-state index is 13.3. The molecule has 2 nitrogen and oxygen atoms in total. The topological polar surface area (TPSA) is 26.0 Å². The van der Waals surface area contributed by atoms with Crippen molar-refractivity contribution >= 4 is 21.9 Å². The number of hydrogen-bond acceptors (Lipinski definition) is 2. The van der Waals surface area contributed by atoms with Gasteiger partial charge in [-0.05, 0) is 76.9 Å². The fourth-order valence-corrected chi connectivity index (χ4v) is 4.57. The second-order valence-corrected chi connectivity index (χ2v) is 8.64. The Morgan fingerprint density at radius 3 is 2.15 bits per heavy atom. The number of fused-ring (bicyclic) bond motifs is 3. The molecule has 3 heteroatoms. The molecule has 0 fully saturated rings. The smallest absolute Gasteiger partial charge is 0.135 e. The van der Waals surface area contributed by atoms with Crippen LogP contribution in [0.3, 0.4) is 0 Å². The Labute approximate surface area is 197 Å². The summed E-state index contributed by atoms with van der Waals surface area (Å²) in [7, 11) is 0. The Morgan fingerprint density at radius 1 is 0.647 bits per heavy atom. The second kappa shape index (κ2) is 8.27. The average Bonchev–Trinajstić information content (AvgIpc) is 3.26. The highest BCUT2D eigenvalue weighted by molar-refractivity contribution is 6.06. The van der Waals surface area contributed by atoms with Gasteiger partial charge in [0, 0.05) is 28.5 Å². The number of furan rings is 1. The molecule has 1 unspecified atom stereocenters. The van der Waals surface area contributed by atoms with Crippen LogP contribution in [0.25, 0.3) is 44.3 Å². The van der Waals surface area contributed by atoms with Crippen molar-refractivity contribution in [1.29, 1.82) is 0 Å². The van der Waals surface area contributed by atoms with E-state index < -0.39 is 0 Å². The summed E-state index contributed by atoms with van der Waals surface area (Å²) in [5.74, 6) is 0.0454. The molecule has 0 radical (unpaired) electrons. The highest BCUT2D eigenvalue weighted by atomic mass is 19.1. The number of hydrogen-bond donors (Lipinski definition) is 0. The lowest BCUT2D eigenvalue weighted by atomic mass is 9.92. The molecule has 1 atom stereocenters. The van der Waals surface area contributed by atoms with Gasteiger partial charge in [-0.3, -0.25) is 4.98 Å². The lowest BCUT2D eigenvalue weighted by molar-refractivity contribution is 0.628. The molecule has 0 saturated carbocycles. The lowest BCUT2D eigenvalue weighted by Crippen LogP contribution is -1.95. The van der Waals surface area contributed by atoms with E-state index in [-0.39, 0.29) is 11.7 Å². The summed E-state index contributed by atoms with van der Waals surface area (Å²) in [6.07, 6.45) is 1.80. The van der Waals surface area contributed by atoms with E-state index in [1.807, 2.05) is 30.3 Å². The summed E-state index contributed by atoms with van der Waals surface area (Å²) in [4.78, 5) is 4.60. The van der Waals surface area contributed by atoms with Crippen molar-refractivity contribution < 1.29 is 8.81 Å². The first-order valence-electron chi connectivity index (χ1n) is 11.4. The quantitative estimate of drug-likeness (QED) is 0.273. The monoisotopic (exact) mass is 443 g/mol. The molecule has 0 amide bonds. The van der Waals surface area contributed by atoms with Crippen molar-refractivity contribution in [3.63, 3.8) is 0 Å². The molecule has 2 heterocycles. The van der Waals surface area contributed by atoms with Gasteiger partial charge in [0.05, 0.1) is 5.69 Å². The van der Waals surface area contributed by atoms with Gasteiger partial charge in [0.15, 0.2) is 0 Å². The predicted octanol–water partition coefficient (Wildman–Crippen LogP) is 8.61. The number of rotatable bonds is 4. The minimum Gasteiger partial charge on any atom is -0.456 e. The van der Waals surface area contributed by atoms with Gasteiger partial charge >= 0.3 is 0 Å². The number of pyridine rings is 1. The van der Waals surface area contributed by atoms with Crippen molar-refractivity contribution in [1.82, 2.24) is 4.98 Å². The van der Waals surface area contributed by atoms with E-state index in [4.69, 9.17) is 4.42 Å². The first kappa shape index (κ1) is 20.4. The fourth-order valence-electron chi connectivity index (χ4n) is 4.57. The SMILES string of the molecule is CC(c1ccccc1)c1ccc2oc3ccc(-c4cc(-c5ccc(F)cc5)ccn4)cc3c2c1. The third-order valence-corrected chi connectivity index (χ3v) is 6.53. The molecule has 0 saturated heterocycles. The van der Waals surface area contributed by atoms with Crippen molar-refractivity contribution in [3.05, 3.63) is 126 Å². The van der Waals surface area contributed by atoms with Crippen LogP contribution < -0.4 is 0 Å². The standard InChI is InChI=1S/C31H22FNO/c1-20(21-5-3-2-4-6-21)23-9-13-30-27(17-23)28-18-25(10-14-31(28)34-30)29-19-24(15-16-33-29)22-7-11-26(32)12-8-22/h2-20H,1H3. The molecule has 0 bridgehead atoms. The van der Waals surface area contributed by atoms with Crippen LogP contribution in [0.1, 0.15) is 24.0 Å². The van der Waals surface area contributed by atoms with Gasteiger partial charge in [0.2, 0.25) is 0 Å². The van der Waals surface area contributed by atoms with Crippen LogP contribution in [0.4, 0.5) is 4.39 Å². The zero-order valence-electron chi connectivity index (χ0n) is 18.7. The average molecular weight is 444 g/mol. The van der Waals surface area contributed by atoms with Crippen LogP contribution >= 0.6 is 0 Å². The summed E-state index contributed by atoms with van der Waals surface area (Å²) >= 11 is 0. The number of nitrogens with zero attached hydrogens (tertiary/aromatic N) is 1. The molecule has 0 N–H and O–H groups in total. The number of benzene rings is 4. The van der Waals surface area contributed by atoms with Crippen molar-refractivity contribution in [2.75, 3.05) is 0 Å². The van der Waals surface area contributed by atoms with Gasteiger partial charge in [0.25, 0.3) is 0 Å². The zero-order valence-corrected chi connectivity index (χ0v) is 18.7. The third kappa shape index (κ3) is 3.65. The Morgan fingerprint density at radius 2 is 1.35 bits per heavy atom. The van der Waals surface area contributed by atoms with Crippen molar-refractivity contribution in [2.24, 2.45) is 0 Å². The van der Waals surface area contributed by atoms with Gasteiger partial charge < -0.3 is 4.42 Å². The van der Waals surface area contributed by atoms with E-state index in [1.54, 1.807) is 18.3 Å². The minimum atomic E-state index is -0.240.